The lowest BCUT2D eigenvalue weighted by Crippen LogP contribution is -2.44. The van der Waals surface area contributed by atoms with Crippen LogP contribution in [0.4, 0.5) is 23.4 Å². The molecule has 0 unspecified atom stereocenters. The highest BCUT2D eigenvalue weighted by Gasteiger charge is 2.32. The van der Waals surface area contributed by atoms with Crippen LogP contribution in [0.15, 0.2) is 42.5 Å². The normalized spacial score (nSPS) is 13.7. The molecule has 2 aromatic carbocycles. The summed E-state index contributed by atoms with van der Waals surface area (Å²) in [4.78, 5) is 25.4. The van der Waals surface area contributed by atoms with E-state index < -0.39 is 58.2 Å². The van der Waals surface area contributed by atoms with E-state index in [0.717, 1.165) is 18.2 Å². The Morgan fingerprint density at radius 1 is 0.842 bits per heavy atom. The van der Waals surface area contributed by atoms with Crippen LogP contribution in [0, 0.1) is 23.3 Å². The van der Waals surface area contributed by atoms with Crippen LogP contribution in [-0.4, -0.2) is 32.7 Å². The van der Waals surface area contributed by atoms with Gasteiger partial charge in [0.25, 0.3) is 5.91 Å². The molecule has 0 bridgehead atoms. The van der Waals surface area contributed by atoms with Crippen molar-refractivity contribution in [3.8, 4) is 0 Å². The third-order valence-electron chi connectivity index (χ3n) is 6.02. The highest BCUT2D eigenvalue weighted by Crippen LogP contribution is 2.34. The number of anilines is 1. The number of amides is 2. The highest BCUT2D eigenvalue weighted by molar-refractivity contribution is 5.97. The third kappa shape index (κ3) is 6.39. The van der Waals surface area contributed by atoms with E-state index in [1.807, 2.05) is 20.8 Å². The molecule has 0 radical (unpaired) electrons. The van der Waals surface area contributed by atoms with Crippen molar-refractivity contribution >= 4 is 17.6 Å². The molecule has 0 aliphatic heterocycles. The Balaban J connectivity index is 1.83. The highest BCUT2D eigenvalue weighted by atomic mass is 19.1. The number of nitrogens with one attached hydrogen (secondary N) is 2. The average molecular weight is 535 g/mol. The van der Waals surface area contributed by atoms with Gasteiger partial charge in [-0.2, -0.15) is 5.10 Å². The molecule has 2 atom stereocenters. The lowest BCUT2D eigenvalue weighted by atomic mass is 9.81. The number of carbonyl (C=O) groups is 2. The molecule has 204 valence electrons. The maximum absolute atomic E-state index is 13.9. The number of carbonyl (C=O) groups excluding carboxylic acids is 2. The molecule has 0 saturated carbocycles. The number of nitrogens with zero attached hydrogens (tertiary/aromatic N) is 2. The molecule has 2 amide bonds. The van der Waals surface area contributed by atoms with Gasteiger partial charge in [-0.15, -0.1) is 0 Å². The van der Waals surface area contributed by atoms with E-state index in [2.05, 4.69) is 15.7 Å². The van der Waals surface area contributed by atoms with Gasteiger partial charge in [-0.1, -0.05) is 13.8 Å². The molecule has 0 saturated heterocycles. The summed E-state index contributed by atoms with van der Waals surface area (Å²) in [6.45, 7) is 10.4. The topological polar surface area (TPSA) is 96.2 Å². The summed E-state index contributed by atoms with van der Waals surface area (Å²) >= 11 is 0. The zero-order chi connectivity index (χ0) is 28.6. The van der Waals surface area contributed by atoms with Crippen LogP contribution in [-0.2, 0) is 20.5 Å². The summed E-state index contributed by atoms with van der Waals surface area (Å²) in [5.41, 5.74) is -1.10. The Bertz CT molecular complexity index is 1320. The van der Waals surface area contributed by atoms with Gasteiger partial charge in [-0.25, -0.2) is 22.2 Å². The fourth-order valence-corrected chi connectivity index (χ4v) is 3.83. The number of aliphatic hydroxyl groups excluding tert-OH is 1. The summed E-state index contributed by atoms with van der Waals surface area (Å²) in [6, 6.07) is 5.84. The Hall–Kier alpha value is -3.73. The van der Waals surface area contributed by atoms with Crippen LogP contribution in [0.3, 0.4) is 0 Å². The molecular weight excluding hydrogens is 504 g/mol. The fraction of sp³-hybridized carbons (Fsp3) is 0.370. The largest absolute Gasteiger partial charge is 0.378 e. The van der Waals surface area contributed by atoms with Gasteiger partial charge in [0.2, 0.25) is 5.91 Å². The SMILES string of the molecule is C[C@H](NC(=O)[C@@H](O)c1cc(F)cc(F)c1)C(=O)Nc1cc(C(C)(C)c2cc(F)cc(F)c2)nn1C(C)(C)C. The number of benzene rings is 2. The lowest BCUT2D eigenvalue weighted by Gasteiger charge is -2.25. The molecule has 38 heavy (non-hydrogen) atoms. The summed E-state index contributed by atoms with van der Waals surface area (Å²) < 4.78 is 56.3. The second-order valence-electron chi connectivity index (χ2n) is 10.6. The van der Waals surface area contributed by atoms with E-state index in [1.54, 1.807) is 19.9 Å². The summed E-state index contributed by atoms with van der Waals surface area (Å²) in [7, 11) is 0. The predicted molar refractivity (Wildman–Crippen MR) is 133 cm³/mol. The van der Waals surface area contributed by atoms with Crippen molar-refractivity contribution in [1.29, 1.82) is 0 Å². The van der Waals surface area contributed by atoms with Crippen molar-refractivity contribution in [3.63, 3.8) is 0 Å². The average Bonchev–Trinajstić information content (AvgIpc) is 3.22. The molecule has 0 aliphatic carbocycles. The predicted octanol–water partition coefficient (Wildman–Crippen LogP) is 4.70. The monoisotopic (exact) mass is 534 g/mol. The van der Waals surface area contributed by atoms with Gasteiger partial charge >= 0.3 is 0 Å². The van der Waals surface area contributed by atoms with Crippen LogP contribution in [0.5, 0.6) is 0 Å². The number of hydrogen-bond donors (Lipinski definition) is 3. The number of rotatable bonds is 7. The molecule has 3 N–H and O–H groups in total. The maximum Gasteiger partial charge on any atom is 0.254 e. The van der Waals surface area contributed by atoms with Gasteiger partial charge in [-0.05, 0) is 63.1 Å². The molecule has 1 heterocycles. The van der Waals surface area contributed by atoms with E-state index >= 15 is 0 Å². The van der Waals surface area contributed by atoms with Crippen molar-refractivity contribution in [2.24, 2.45) is 0 Å². The van der Waals surface area contributed by atoms with E-state index in [9.17, 15) is 32.3 Å². The zero-order valence-electron chi connectivity index (χ0n) is 21.9. The van der Waals surface area contributed by atoms with Gasteiger partial charge in [-0.3, -0.25) is 9.59 Å². The molecule has 0 fully saturated rings. The minimum Gasteiger partial charge on any atom is -0.378 e. The van der Waals surface area contributed by atoms with Crippen LogP contribution in [0.2, 0.25) is 0 Å². The first-order valence-electron chi connectivity index (χ1n) is 11.8. The molecule has 1 aromatic heterocycles. The molecule has 0 spiro atoms. The van der Waals surface area contributed by atoms with E-state index in [4.69, 9.17) is 0 Å². The second-order valence-corrected chi connectivity index (χ2v) is 10.6. The first-order chi connectivity index (χ1) is 17.5. The smallest absolute Gasteiger partial charge is 0.254 e. The fourth-order valence-electron chi connectivity index (χ4n) is 3.83. The minimum absolute atomic E-state index is 0.260. The quantitative estimate of drug-likeness (QED) is 0.383. The lowest BCUT2D eigenvalue weighted by molar-refractivity contribution is -0.132. The van der Waals surface area contributed by atoms with Crippen molar-refractivity contribution in [2.75, 3.05) is 5.32 Å². The molecule has 0 aliphatic rings. The van der Waals surface area contributed by atoms with Gasteiger partial charge in [0.1, 0.15) is 35.1 Å². The van der Waals surface area contributed by atoms with Crippen molar-refractivity contribution in [1.82, 2.24) is 15.1 Å². The number of aliphatic hydroxyl groups is 1. The second kappa shape index (κ2) is 10.6. The molecule has 11 heteroatoms. The third-order valence-corrected chi connectivity index (χ3v) is 6.02. The van der Waals surface area contributed by atoms with Crippen molar-refractivity contribution < 1.29 is 32.3 Å². The molecule has 3 rings (SSSR count). The van der Waals surface area contributed by atoms with Crippen LogP contribution in [0.25, 0.3) is 0 Å². The first-order valence-corrected chi connectivity index (χ1v) is 11.8. The molecule has 7 nitrogen and oxygen atoms in total. The van der Waals surface area contributed by atoms with E-state index in [-0.39, 0.29) is 11.4 Å². The Labute approximate surface area is 217 Å². The Morgan fingerprint density at radius 2 is 1.34 bits per heavy atom. The standard InChI is InChI=1S/C27H30F4N4O3/c1-14(32-25(38)23(36)15-7-17(28)11-18(29)8-15)24(37)33-22-13-21(34-35(22)26(2,3)4)27(5,6)16-9-19(30)12-20(31)10-16/h7-14,23,36H,1-6H3,(H,32,38)(H,33,37)/t14-,23-/m0/s1. The summed E-state index contributed by atoms with van der Waals surface area (Å²) in [5, 5.41) is 19.8. The van der Waals surface area contributed by atoms with E-state index in [1.165, 1.54) is 23.7 Å². The van der Waals surface area contributed by atoms with Crippen LogP contribution < -0.4 is 10.6 Å². The summed E-state index contributed by atoms with van der Waals surface area (Å²) in [5.74, 6) is -4.83. The van der Waals surface area contributed by atoms with Gasteiger partial charge in [0.15, 0.2) is 6.10 Å². The van der Waals surface area contributed by atoms with Gasteiger partial charge in [0.05, 0.1) is 11.2 Å². The molecule has 3 aromatic rings. The number of halogens is 4. The zero-order valence-corrected chi connectivity index (χ0v) is 21.9. The minimum atomic E-state index is -1.91. The van der Waals surface area contributed by atoms with Crippen LogP contribution >= 0.6 is 0 Å². The Kier molecular flexibility index (Phi) is 8.02. The van der Waals surface area contributed by atoms with Gasteiger partial charge < -0.3 is 15.7 Å². The first kappa shape index (κ1) is 28.8. The van der Waals surface area contributed by atoms with E-state index in [0.29, 0.717) is 17.3 Å². The van der Waals surface area contributed by atoms with Crippen LogP contribution in [0.1, 0.15) is 64.5 Å². The number of aromatic nitrogens is 2. The van der Waals surface area contributed by atoms with Crippen molar-refractivity contribution in [2.45, 2.75) is 64.6 Å². The molecular formula is C27H30F4N4O3. The summed E-state index contributed by atoms with van der Waals surface area (Å²) in [6.07, 6.45) is -1.91. The van der Waals surface area contributed by atoms with Gasteiger partial charge in [0, 0.05) is 23.6 Å². The van der Waals surface area contributed by atoms with Crippen molar-refractivity contribution in [3.05, 3.63) is 82.6 Å². The number of hydrogen-bond acceptors (Lipinski definition) is 4. The maximum atomic E-state index is 13.9. The Morgan fingerprint density at radius 3 is 1.84 bits per heavy atom.